The summed E-state index contributed by atoms with van der Waals surface area (Å²) >= 11 is 19.6. The van der Waals surface area contributed by atoms with E-state index in [0.29, 0.717) is 0 Å². The molecule has 0 nitrogen and oxygen atoms in total. The fourth-order valence-corrected chi connectivity index (χ4v) is 19.0. The van der Waals surface area contributed by atoms with E-state index in [4.69, 9.17) is 0 Å². The molecule has 4 aromatic carbocycles. The Morgan fingerprint density at radius 1 is 0.250 bits per heavy atom. The monoisotopic (exact) mass is 798 g/mol. The predicted octanol–water partition coefficient (Wildman–Crippen LogP) is 15.4. The molecule has 0 radical (unpaired) electrons. The average Bonchev–Trinajstić information content (AvgIpc) is 3.94. The van der Waals surface area contributed by atoms with E-state index < -0.39 is 0 Å². The van der Waals surface area contributed by atoms with Gasteiger partial charge in [0.1, 0.15) is 0 Å². The zero-order valence-electron chi connectivity index (χ0n) is 25.3. The maximum atomic E-state index is 2.29. The van der Waals surface area contributed by atoms with Crippen LogP contribution in [0.4, 0.5) is 0 Å². The molecule has 0 amide bonds. The second kappa shape index (κ2) is 12.8. The first-order valence-electron chi connectivity index (χ1n) is 15.1. The number of thioether (sulfide) groups is 10. The summed E-state index contributed by atoms with van der Waals surface area (Å²) in [5, 5.41) is 0. The van der Waals surface area contributed by atoms with E-state index >= 15 is 0 Å². The first-order valence-corrected chi connectivity index (χ1v) is 23.3. The van der Waals surface area contributed by atoms with Crippen molar-refractivity contribution in [3.63, 3.8) is 0 Å². The highest BCUT2D eigenvalue weighted by atomic mass is 32.2. The Morgan fingerprint density at radius 2 is 0.417 bits per heavy atom. The highest BCUT2D eigenvalue weighted by Gasteiger charge is 2.45. The van der Waals surface area contributed by atoms with Crippen LogP contribution >= 0.6 is 118 Å². The molecule has 48 heavy (non-hydrogen) atoms. The molecule has 4 aromatic rings. The van der Waals surface area contributed by atoms with Crippen molar-refractivity contribution in [3.05, 3.63) is 156 Å². The summed E-state index contributed by atoms with van der Waals surface area (Å²) in [5.41, 5.74) is 7.09. The van der Waals surface area contributed by atoms with Gasteiger partial charge in [-0.25, -0.2) is 0 Å². The Kier molecular flexibility index (Phi) is 8.41. The normalized spacial score (nSPS) is 19.8. The van der Waals surface area contributed by atoms with Gasteiger partial charge in [0, 0.05) is 67.0 Å². The van der Waals surface area contributed by atoms with Crippen molar-refractivity contribution in [1.29, 1.82) is 0 Å². The van der Waals surface area contributed by atoms with Crippen LogP contribution < -0.4 is 0 Å². The zero-order valence-corrected chi connectivity index (χ0v) is 33.5. The van der Waals surface area contributed by atoms with Gasteiger partial charge in [-0.3, -0.25) is 0 Å². The molecule has 0 bridgehead atoms. The molecule has 234 valence electrons. The van der Waals surface area contributed by atoms with E-state index in [2.05, 4.69) is 111 Å². The van der Waals surface area contributed by atoms with Crippen LogP contribution in [0.5, 0.6) is 0 Å². The van der Waals surface area contributed by atoms with Gasteiger partial charge in [0.05, 0.1) is 21.2 Å². The Hall–Kier alpha value is -1.18. The average molecular weight is 799 g/mol. The fourth-order valence-electron chi connectivity index (χ4n) is 5.96. The first kappa shape index (κ1) is 31.5. The van der Waals surface area contributed by atoms with Gasteiger partial charge in [-0.05, 0) is 72.2 Å². The third kappa shape index (κ3) is 5.35. The van der Waals surface area contributed by atoms with E-state index in [1.165, 1.54) is 98.0 Å². The first-order chi connectivity index (χ1) is 23.6. The van der Waals surface area contributed by atoms with E-state index in [0.717, 1.165) is 0 Å². The Morgan fingerprint density at radius 3 is 0.604 bits per heavy atom. The maximum Gasteiger partial charge on any atom is 0.0585 e. The molecule has 0 spiro atoms. The molecule has 0 atom stereocenters. The van der Waals surface area contributed by atoms with Gasteiger partial charge in [-0.2, -0.15) is 0 Å². The number of fused-ring (bicyclic) bond motifs is 4. The van der Waals surface area contributed by atoms with Gasteiger partial charge in [-0.15, -0.1) is 0 Å². The molecular formula is C38H22S10. The van der Waals surface area contributed by atoms with Crippen molar-refractivity contribution in [2.45, 2.75) is 53.0 Å². The van der Waals surface area contributed by atoms with Crippen LogP contribution in [0, 0.1) is 0 Å². The van der Waals surface area contributed by atoms with Crippen LogP contribution in [0.15, 0.2) is 195 Å². The summed E-state index contributed by atoms with van der Waals surface area (Å²) in [5.74, 6) is 0. The van der Waals surface area contributed by atoms with Gasteiger partial charge in [-0.1, -0.05) is 166 Å². The smallest absolute Gasteiger partial charge is 0.0585 e. The Labute approximate surface area is 323 Å². The number of allylic oxidation sites excluding steroid dienone is 7. The van der Waals surface area contributed by atoms with Gasteiger partial charge in [0.25, 0.3) is 0 Å². The standard InChI is InChI=1S/C38H22S10/c1-19-20(2)40-34(39-19)29-30(35-41-21-11-3-4-12-22(21)42-35)32(37-45-25-15-7-8-16-26(25)46-37)33(38-47-27-17-9-10-18-28(27)48-38)31(29)36-43-23-13-5-6-14-24(23)44-36/h3-18H,1-2H3. The molecule has 1 fully saturated rings. The molecule has 0 saturated heterocycles. The summed E-state index contributed by atoms with van der Waals surface area (Å²) in [6.07, 6.45) is 0. The number of hydrogen-bond donors (Lipinski definition) is 0. The van der Waals surface area contributed by atoms with Gasteiger partial charge in [0.15, 0.2) is 0 Å². The van der Waals surface area contributed by atoms with Crippen molar-refractivity contribution < 1.29 is 0 Å². The van der Waals surface area contributed by atoms with E-state index in [1.807, 2.05) is 118 Å². The SMILES string of the molecule is CC1=C(C)SC(=C2C(=C3Sc4ccccc4S3)C(=C3Sc4ccccc4S3)C(=C3Sc4ccccc4S3)C2=C2Sc3ccccc3S2)S1. The summed E-state index contributed by atoms with van der Waals surface area (Å²) in [4.78, 5) is 13.7. The van der Waals surface area contributed by atoms with Crippen molar-refractivity contribution in [2.75, 3.05) is 0 Å². The van der Waals surface area contributed by atoms with Gasteiger partial charge >= 0.3 is 0 Å². The quantitative estimate of drug-likeness (QED) is 0.168. The number of rotatable bonds is 0. The van der Waals surface area contributed by atoms with Crippen LogP contribution in [-0.2, 0) is 0 Å². The zero-order chi connectivity index (χ0) is 31.9. The van der Waals surface area contributed by atoms with Gasteiger partial charge in [0.2, 0.25) is 0 Å². The Bertz CT molecular complexity index is 2050. The van der Waals surface area contributed by atoms with Crippen molar-refractivity contribution >= 4 is 118 Å². The minimum Gasteiger partial charge on any atom is -0.0860 e. The molecule has 10 heteroatoms. The lowest BCUT2D eigenvalue weighted by Crippen LogP contribution is -1.90. The minimum atomic E-state index is 1.36. The summed E-state index contributed by atoms with van der Waals surface area (Å²) < 4.78 is 6.99. The van der Waals surface area contributed by atoms with E-state index in [-0.39, 0.29) is 0 Å². The number of benzene rings is 4. The highest BCUT2D eigenvalue weighted by molar-refractivity contribution is 8.29. The second-order valence-electron chi connectivity index (χ2n) is 11.2. The van der Waals surface area contributed by atoms with E-state index in [9.17, 15) is 0 Å². The topological polar surface area (TPSA) is 0 Å². The van der Waals surface area contributed by atoms with Gasteiger partial charge < -0.3 is 0 Å². The van der Waals surface area contributed by atoms with Crippen LogP contribution in [0.2, 0.25) is 0 Å². The second-order valence-corrected chi connectivity index (χ2v) is 23.4. The van der Waals surface area contributed by atoms with Crippen molar-refractivity contribution in [2.24, 2.45) is 0 Å². The minimum absolute atomic E-state index is 1.36. The molecule has 5 aliphatic heterocycles. The Balaban J connectivity index is 1.31. The third-order valence-electron chi connectivity index (χ3n) is 8.28. The molecule has 6 aliphatic rings. The fraction of sp³-hybridized carbons (Fsp3) is 0.0526. The lowest BCUT2D eigenvalue weighted by Gasteiger charge is -2.12. The molecule has 1 aliphatic carbocycles. The maximum absolute atomic E-state index is 2.29. The van der Waals surface area contributed by atoms with Crippen molar-refractivity contribution in [3.8, 4) is 0 Å². The summed E-state index contributed by atoms with van der Waals surface area (Å²) in [6.45, 7) is 4.58. The molecule has 0 unspecified atom stereocenters. The van der Waals surface area contributed by atoms with Crippen LogP contribution in [0.3, 0.4) is 0 Å². The molecule has 5 heterocycles. The summed E-state index contributed by atoms with van der Waals surface area (Å²) in [6, 6.07) is 35.7. The largest absolute Gasteiger partial charge is 0.0860 e. The molecular weight excluding hydrogens is 777 g/mol. The predicted molar refractivity (Wildman–Crippen MR) is 221 cm³/mol. The lowest BCUT2D eigenvalue weighted by atomic mass is 10.1. The molecule has 1 saturated carbocycles. The third-order valence-corrected chi connectivity index (χ3v) is 21.1. The van der Waals surface area contributed by atoms with Crippen LogP contribution in [-0.4, -0.2) is 0 Å². The van der Waals surface area contributed by atoms with E-state index in [1.54, 1.807) is 0 Å². The summed E-state index contributed by atoms with van der Waals surface area (Å²) in [7, 11) is 0. The highest BCUT2D eigenvalue weighted by Crippen LogP contribution is 2.70. The van der Waals surface area contributed by atoms with Crippen molar-refractivity contribution in [1.82, 2.24) is 0 Å². The lowest BCUT2D eigenvalue weighted by molar-refractivity contribution is 1.27. The molecule has 10 rings (SSSR count). The van der Waals surface area contributed by atoms with Crippen LogP contribution in [0.1, 0.15) is 13.8 Å². The number of hydrogen-bond acceptors (Lipinski definition) is 10. The van der Waals surface area contributed by atoms with Crippen LogP contribution in [0.25, 0.3) is 0 Å². The molecule has 0 N–H and O–H groups in total. The molecule has 0 aromatic heterocycles.